The van der Waals surface area contributed by atoms with Gasteiger partial charge < -0.3 is 19.7 Å². The number of nitrogens with zero attached hydrogens (tertiary/aromatic N) is 1. The first-order valence-corrected chi connectivity index (χ1v) is 7.77. The smallest absolute Gasteiger partial charge is 0.305 e. The number of rotatable bonds is 6. The molecule has 120 valence electrons. The Bertz CT molecular complexity index is 609. The summed E-state index contributed by atoms with van der Waals surface area (Å²) in [5.41, 5.74) is -0.0253. The van der Waals surface area contributed by atoms with Crippen molar-refractivity contribution in [3.63, 3.8) is 0 Å². The predicted octanol–water partition coefficient (Wildman–Crippen LogP) is 1.23. The molecule has 0 aliphatic carbocycles. The van der Waals surface area contributed by atoms with Crippen molar-refractivity contribution in [1.29, 1.82) is 0 Å². The topological polar surface area (TPSA) is 99.7 Å². The average molecular weight is 373 g/mol. The summed E-state index contributed by atoms with van der Waals surface area (Å²) in [5, 5.41) is 8.83. The number of carboxylic acids is 1. The molecule has 2 N–H and O–H groups in total. The number of hydrogen-bond acceptors (Lipinski definition) is 4. The van der Waals surface area contributed by atoms with E-state index < -0.39 is 5.97 Å². The van der Waals surface area contributed by atoms with Gasteiger partial charge in [-0.1, -0.05) is 0 Å². The van der Waals surface area contributed by atoms with Gasteiger partial charge in [-0.3, -0.25) is 14.4 Å². The van der Waals surface area contributed by atoms with Crippen LogP contribution in [0.5, 0.6) is 0 Å². The lowest BCUT2D eigenvalue weighted by atomic mass is 10.2. The van der Waals surface area contributed by atoms with Gasteiger partial charge in [-0.05, 0) is 34.8 Å². The van der Waals surface area contributed by atoms with Crippen molar-refractivity contribution in [1.82, 2.24) is 9.88 Å². The number of ether oxygens (including phenoxy) is 1. The van der Waals surface area contributed by atoms with E-state index in [2.05, 4.69) is 20.9 Å². The van der Waals surface area contributed by atoms with Crippen LogP contribution >= 0.6 is 15.9 Å². The number of carbonyl (C=O) groups is 2. The Morgan fingerprint density at radius 2 is 2.27 bits per heavy atom. The van der Waals surface area contributed by atoms with Crippen LogP contribution in [0.15, 0.2) is 21.5 Å². The van der Waals surface area contributed by atoms with Gasteiger partial charge in [0.15, 0.2) is 0 Å². The van der Waals surface area contributed by atoms with E-state index in [9.17, 15) is 14.4 Å². The first-order valence-electron chi connectivity index (χ1n) is 6.98. The van der Waals surface area contributed by atoms with Crippen LogP contribution in [0.25, 0.3) is 0 Å². The second kappa shape index (κ2) is 7.55. The van der Waals surface area contributed by atoms with Crippen LogP contribution in [0, 0.1) is 0 Å². The average Bonchev–Trinajstić information content (AvgIpc) is 2.98. The minimum atomic E-state index is -0.965. The van der Waals surface area contributed by atoms with E-state index in [-0.39, 0.29) is 35.0 Å². The zero-order valence-electron chi connectivity index (χ0n) is 11.9. The highest BCUT2D eigenvalue weighted by Crippen LogP contribution is 2.16. The van der Waals surface area contributed by atoms with Crippen LogP contribution in [0.1, 0.15) is 29.6 Å². The van der Waals surface area contributed by atoms with Crippen LogP contribution < -0.4 is 5.56 Å². The van der Waals surface area contributed by atoms with Crippen molar-refractivity contribution < 1.29 is 19.4 Å². The Hall–Kier alpha value is -1.67. The van der Waals surface area contributed by atoms with Gasteiger partial charge in [-0.15, -0.1) is 0 Å². The maximum atomic E-state index is 12.5. The van der Waals surface area contributed by atoms with Crippen molar-refractivity contribution in [2.45, 2.75) is 25.4 Å². The molecule has 0 radical (unpaired) electrons. The number of hydrogen-bond donors (Lipinski definition) is 2. The molecule has 22 heavy (non-hydrogen) atoms. The predicted molar refractivity (Wildman–Crippen MR) is 81.9 cm³/mol. The van der Waals surface area contributed by atoms with Gasteiger partial charge in [0.05, 0.1) is 22.6 Å². The number of pyridine rings is 1. The SMILES string of the molecule is O=C(O)CCN(C[C@H]1CCCO1)C(=O)c1c[nH]c(=O)c(Br)c1. The molecule has 0 bridgehead atoms. The number of aromatic amines is 1. The van der Waals surface area contributed by atoms with E-state index in [0.29, 0.717) is 18.7 Å². The lowest BCUT2D eigenvalue weighted by Crippen LogP contribution is -2.39. The molecule has 2 heterocycles. The summed E-state index contributed by atoms with van der Waals surface area (Å²) in [6.45, 7) is 1.11. The summed E-state index contributed by atoms with van der Waals surface area (Å²) in [5.74, 6) is -1.29. The number of carboxylic acid groups (broad SMARTS) is 1. The normalized spacial score (nSPS) is 17.4. The zero-order valence-corrected chi connectivity index (χ0v) is 13.5. The molecule has 1 amide bonds. The Morgan fingerprint density at radius 3 is 2.86 bits per heavy atom. The number of carbonyl (C=O) groups excluding carboxylic acids is 1. The summed E-state index contributed by atoms with van der Waals surface area (Å²) in [6.07, 6.45) is 2.92. The first kappa shape index (κ1) is 16.7. The Labute approximate surface area is 135 Å². The Balaban J connectivity index is 2.13. The lowest BCUT2D eigenvalue weighted by molar-refractivity contribution is -0.137. The summed E-state index contributed by atoms with van der Waals surface area (Å²) in [4.78, 5) is 38.6. The van der Waals surface area contributed by atoms with Crippen molar-refractivity contribution in [2.24, 2.45) is 0 Å². The van der Waals surface area contributed by atoms with E-state index >= 15 is 0 Å². The maximum Gasteiger partial charge on any atom is 0.305 e. The third kappa shape index (κ3) is 4.41. The maximum absolute atomic E-state index is 12.5. The van der Waals surface area contributed by atoms with Gasteiger partial charge in [-0.25, -0.2) is 0 Å². The van der Waals surface area contributed by atoms with Gasteiger partial charge in [0.25, 0.3) is 11.5 Å². The third-order valence-electron chi connectivity index (χ3n) is 3.44. The number of H-pyrrole nitrogens is 1. The molecule has 0 unspecified atom stereocenters. The second-order valence-electron chi connectivity index (χ2n) is 5.10. The first-order chi connectivity index (χ1) is 10.5. The number of amides is 1. The number of halogens is 1. The third-order valence-corrected chi connectivity index (χ3v) is 4.02. The summed E-state index contributed by atoms with van der Waals surface area (Å²) < 4.78 is 5.77. The van der Waals surface area contributed by atoms with Crippen molar-refractivity contribution >= 4 is 27.8 Å². The fourth-order valence-corrected chi connectivity index (χ4v) is 2.66. The molecule has 1 aliphatic rings. The van der Waals surface area contributed by atoms with Crippen molar-refractivity contribution in [2.75, 3.05) is 19.7 Å². The van der Waals surface area contributed by atoms with E-state index in [1.54, 1.807) is 0 Å². The van der Waals surface area contributed by atoms with Crippen molar-refractivity contribution in [3.8, 4) is 0 Å². The van der Waals surface area contributed by atoms with Gasteiger partial charge in [-0.2, -0.15) is 0 Å². The largest absolute Gasteiger partial charge is 0.481 e. The molecular formula is C14H17BrN2O5. The molecule has 1 aliphatic heterocycles. The molecule has 1 atom stereocenters. The molecule has 0 spiro atoms. The highest BCUT2D eigenvalue weighted by atomic mass is 79.9. The monoisotopic (exact) mass is 372 g/mol. The second-order valence-corrected chi connectivity index (χ2v) is 5.95. The van der Waals surface area contributed by atoms with E-state index in [1.807, 2.05) is 0 Å². The minimum absolute atomic E-state index is 0.0658. The molecule has 0 saturated carbocycles. The molecular weight excluding hydrogens is 356 g/mol. The standard InChI is InChI=1S/C14H17BrN2O5/c15-11-6-9(7-16-13(11)20)14(21)17(4-3-12(18)19)8-10-2-1-5-22-10/h6-7,10H,1-5,8H2,(H,16,20)(H,18,19)/t10-/m1/s1. The number of nitrogens with one attached hydrogen (secondary N) is 1. The quantitative estimate of drug-likeness (QED) is 0.782. The van der Waals surface area contributed by atoms with Crippen LogP contribution in [-0.4, -0.2) is 52.7 Å². The lowest BCUT2D eigenvalue weighted by Gasteiger charge is -2.25. The van der Waals surface area contributed by atoms with Crippen molar-refractivity contribution in [3.05, 3.63) is 32.7 Å². The molecule has 7 nitrogen and oxygen atoms in total. The molecule has 1 saturated heterocycles. The van der Waals surface area contributed by atoms with Gasteiger partial charge >= 0.3 is 5.97 Å². The molecule has 1 aromatic rings. The summed E-state index contributed by atoms with van der Waals surface area (Å²) >= 11 is 3.08. The Morgan fingerprint density at radius 1 is 1.50 bits per heavy atom. The fraction of sp³-hybridized carbons (Fsp3) is 0.500. The van der Waals surface area contributed by atoms with Crippen LogP contribution in [0.4, 0.5) is 0 Å². The minimum Gasteiger partial charge on any atom is -0.481 e. The molecule has 1 fully saturated rings. The summed E-state index contributed by atoms with van der Waals surface area (Å²) in [7, 11) is 0. The summed E-state index contributed by atoms with van der Waals surface area (Å²) in [6, 6.07) is 1.43. The van der Waals surface area contributed by atoms with E-state index in [1.165, 1.54) is 17.2 Å². The highest BCUT2D eigenvalue weighted by Gasteiger charge is 2.24. The van der Waals surface area contributed by atoms with Crippen LogP contribution in [0.3, 0.4) is 0 Å². The van der Waals surface area contributed by atoms with Gasteiger partial charge in [0, 0.05) is 25.9 Å². The Kier molecular flexibility index (Phi) is 5.73. The highest BCUT2D eigenvalue weighted by molar-refractivity contribution is 9.10. The molecule has 2 rings (SSSR count). The van der Waals surface area contributed by atoms with Crippen LogP contribution in [-0.2, 0) is 9.53 Å². The van der Waals surface area contributed by atoms with Gasteiger partial charge in [0.2, 0.25) is 0 Å². The number of aliphatic carboxylic acids is 1. The molecule has 8 heteroatoms. The number of aromatic nitrogens is 1. The molecule has 0 aromatic carbocycles. The zero-order chi connectivity index (χ0) is 16.1. The van der Waals surface area contributed by atoms with Gasteiger partial charge in [0.1, 0.15) is 0 Å². The van der Waals surface area contributed by atoms with Crippen LogP contribution in [0.2, 0.25) is 0 Å². The molecule has 1 aromatic heterocycles. The van der Waals surface area contributed by atoms with E-state index in [4.69, 9.17) is 9.84 Å². The van der Waals surface area contributed by atoms with E-state index in [0.717, 1.165) is 12.8 Å². The fourth-order valence-electron chi connectivity index (χ4n) is 2.30.